The fourth-order valence-electron chi connectivity index (χ4n) is 4.81. The number of benzene rings is 2. The van der Waals surface area contributed by atoms with Crippen molar-refractivity contribution in [3.63, 3.8) is 0 Å². The molecule has 0 bridgehead atoms. The second-order valence-electron chi connectivity index (χ2n) is 12.2. The number of anilines is 1. The van der Waals surface area contributed by atoms with Crippen molar-refractivity contribution in [2.24, 2.45) is 5.92 Å². The molecule has 0 aliphatic carbocycles. The Labute approximate surface area is 234 Å². The Bertz CT molecular complexity index is 1140. The molecule has 0 aromatic heterocycles. The average Bonchev–Trinajstić information content (AvgIpc) is 2.76. The minimum absolute atomic E-state index is 0.117. The standard InChI is InChI=1S/C32H47N3O4/c1-19(2)15-26(33-31(38)39-32(9,10)11)30(37)35(20(3)4)28(25-17-21(5)16-22(6)18-25)29(36)34-27-23(7)13-12-14-24(27)8/h12-14,16-20,26,28H,15H2,1-11H3,(H,33,38)(H,34,36). The summed E-state index contributed by atoms with van der Waals surface area (Å²) in [5.74, 6) is -0.517. The van der Waals surface area contributed by atoms with E-state index in [2.05, 4.69) is 10.6 Å². The van der Waals surface area contributed by atoms with E-state index in [1.165, 1.54) is 0 Å². The largest absolute Gasteiger partial charge is 0.444 e. The van der Waals surface area contributed by atoms with Gasteiger partial charge in [-0.3, -0.25) is 9.59 Å². The molecule has 0 spiro atoms. The van der Waals surface area contributed by atoms with Gasteiger partial charge in [-0.2, -0.15) is 0 Å². The van der Waals surface area contributed by atoms with E-state index in [9.17, 15) is 14.4 Å². The van der Waals surface area contributed by atoms with Gasteiger partial charge in [0.2, 0.25) is 5.91 Å². The van der Waals surface area contributed by atoms with Gasteiger partial charge in [0.25, 0.3) is 5.91 Å². The predicted octanol–water partition coefficient (Wildman–Crippen LogP) is 6.78. The first-order valence-corrected chi connectivity index (χ1v) is 13.8. The summed E-state index contributed by atoms with van der Waals surface area (Å²) < 4.78 is 5.47. The topological polar surface area (TPSA) is 87.7 Å². The van der Waals surface area contributed by atoms with Crippen LogP contribution in [0.3, 0.4) is 0 Å². The van der Waals surface area contributed by atoms with Crippen LogP contribution in [0.2, 0.25) is 0 Å². The first-order chi connectivity index (χ1) is 18.0. The van der Waals surface area contributed by atoms with Crippen molar-refractivity contribution in [2.45, 2.75) is 106 Å². The van der Waals surface area contributed by atoms with E-state index in [1.807, 2.05) is 91.8 Å². The number of carbonyl (C=O) groups is 3. The van der Waals surface area contributed by atoms with Gasteiger partial charge in [0.1, 0.15) is 17.7 Å². The Morgan fingerprint density at radius 3 is 1.90 bits per heavy atom. The van der Waals surface area contributed by atoms with Crippen LogP contribution >= 0.6 is 0 Å². The van der Waals surface area contributed by atoms with Crippen molar-refractivity contribution >= 4 is 23.6 Å². The van der Waals surface area contributed by atoms with Gasteiger partial charge in [-0.05, 0) is 91.3 Å². The van der Waals surface area contributed by atoms with E-state index < -0.39 is 23.8 Å². The Kier molecular flexibility index (Phi) is 10.7. The molecular weight excluding hydrogens is 490 g/mol. The van der Waals surface area contributed by atoms with Gasteiger partial charge in [-0.15, -0.1) is 0 Å². The molecule has 2 atom stereocenters. The summed E-state index contributed by atoms with van der Waals surface area (Å²) in [7, 11) is 0. The van der Waals surface area contributed by atoms with Crippen LogP contribution in [-0.2, 0) is 14.3 Å². The first-order valence-electron chi connectivity index (χ1n) is 13.8. The van der Waals surface area contributed by atoms with Crippen LogP contribution in [0, 0.1) is 33.6 Å². The van der Waals surface area contributed by atoms with Crippen molar-refractivity contribution < 1.29 is 19.1 Å². The van der Waals surface area contributed by atoms with Crippen LogP contribution in [0.15, 0.2) is 36.4 Å². The molecule has 7 nitrogen and oxygen atoms in total. The maximum atomic E-state index is 14.3. The van der Waals surface area contributed by atoms with E-state index >= 15 is 0 Å². The van der Waals surface area contributed by atoms with Gasteiger partial charge in [-0.1, -0.05) is 61.4 Å². The molecule has 0 radical (unpaired) electrons. The zero-order chi connectivity index (χ0) is 29.7. The molecule has 0 heterocycles. The smallest absolute Gasteiger partial charge is 0.408 e. The number of aryl methyl sites for hydroxylation is 4. The summed E-state index contributed by atoms with van der Waals surface area (Å²) in [4.78, 5) is 42.7. The van der Waals surface area contributed by atoms with Crippen LogP contribution < -0.4 is 10.6 Å². The highest BCUT2D eigenvalue weighted by Gasteiger charge is 2.38. The van der Waals surface area contributed by atoms with Crippen LogP contribution in [0.5, 0.6) is 0 Å². The van der Waals surface area contributed by atoms with Crippen LogP contribution in [0.4, 0.5) is 10.5 Å². The van der Waals surface area contributed by atoms with Crippen molar-refractivity contribution in [1.82, 2.24) is 10.2 Å². The Balaban J connectivity index is 2.61. The van der Waals surface area contributed by atoms with Crippen LogP contribution in [-0.4, -0.2) is 40.5 Å². The molecule has 214 valence electrons. The molecule has 2 N–H and O–H groups in total. The number of nitrogens with one attached hydrogen (secondary N) is 2. The number of hydrogen-bond donors (Lipinski definition) is 2. The quantitative estimate of drug-likeness (QED) is 0.369. The minimum atomic E-state index is -0.912. The van der Waals surface area contributed by atoms with E-state index in [1.54, 1.807) is 25.7 Å². The van der Waals surface area contributed by atoms with Crippen molar-refractivity contribution in [3.05, 3.63) is 64.2 Å². The molecule has 2 aromatic carbocycles. The van der Waals surface area contributed by atoms with Gasteiger partial charge in [0.15, 0.2) is 0 Å². The number of alkyl carbamates (subject to hydrolysis) is 1. The predicted molar refractivity (Wildman–Crippen MR) is 158 cm³/mol. The maximum absolute atomic E-state index is 14.3. The maximum Gasteiger partial charge on any atom is 0.408 e. The molecule has 0 saturated heterocycles. The van der Waals surface area contributed by atoms with E-state index in [4.69, 9.17) is 4.74 Å². The molecule has 39 heavy (non-hydrogen) atoms. The number of ether oxygens (including phenoxy) is 1. The molecule has 0 fully saturated rings. The van der Waals surface area contributed by atoms with Gasteiger partial charge < -0.3 is 20.3 Å². The highest BCUT2D eigenvalue weighted by Crippen LogP contribution is 2.30. The number of amides is 3. The number of hydrogen-bond acceptors (Lipinski definition) is 4. The third kappa shape index (κ3) is 9.12. The van der Waals surface area contributed by atoms with Gasteiger partial charge >= 0.3 is 6.09 Å². The van der Waals surface area contributed by atoms with E-state index in [0.29, 0.717) is 6.42 Å². The minimum Gasteiger partial charge on any atom is -0.444 e. The lowest BCUT2D eigenvalue weighted by atomic mass is 9.95. The molecule has 0 aliphatic heterocycles. The number of nitrogens with zero attached hydrogens (tertiary/aromatic N) is 1. The Morgan fingerprint density at radius 1 is 0.897 bits per heavy atom. The first kappa shape index (κ1) is 31.9. The molecule has 2 rings (SSSR count). The van der Waals surface area contributed by atoms with Crippen molar-refractivity contribution in [2.75, 3.05) is 5.32 Å². The number of para-hydroxylation sites is 1. The van der Waals surface area contributed by atoms with Crippen LogP contribution in [0.1, 0.15) is 88.7 Å². The molecule has 2 unspecified atom stereocenters. The Morgan fingerprint density at radius 2 is 1.44 bits per heavy atom. The second-order valence-corrected chi connectivity index (χ2v) is 12.2. The van der Waals surface area contributed by atoms with Gasteiger partial charge in [0, 0.05) is 11.7 Å². The zero-order valence-electron chi connectivity index (χ0n) is 25.6. The van der Waals surface area contributed by atoms with Gasteiger partial charge in [-0.25, -0.2) is 4.79 Å². The zero-order valence-corrected chi connectivity index (χ0v) is 25.6. The molecule has 0 aliphatic rings. The third-order valence-electron chi connectivity index (χ3n) is 6.32. The average molecular weight is 538 g/mol. The highest BCUT2D eigenvalue weighted by atomic mass is 16.6. The Hall–Kier alpha value is -3.35. The summed E-state index contributed by atoms with van der Waals surface area (Å²) in [6, 6.07) is 9.68. The molecule has 2 aromatic rings. The third-order valence-corrected chi connectivity index (χ3v) is 6.32. The molecule has 0 saturated carbocycles. The lowest BCUT2D eigenvalue weighted by Crippen LogP contribution is -2.54. The summed E-state index contributed by atoms with van der Waals surface area (Å²) in [5, 5.41) is 5.90. The highest BCUT2D eigenvalue weighted by molar-refractivity contribution is 6.00. The fraction of sp³-hybridized carbons (Fsp3) is 0.531. The van der Waals surface area contributed by atoms with Crippen LogP contribution in [0.25, 0.3) is 0 Å². The SMILES string of the molecule is Cc1cc(C)cc(C(C(=O)Nc2c(C)cccc2C)N(C(=O)C(CC(C)C)NC(=O)OC(C)(C)C)C(C)C)c1. The summed E-state index contributed by atoms with van der Waals surface area (Å²) in [5.41, 5.74) is 4.62. The molecule has 3 amide bonds. The van der Waals surface area contributed by atoms with Crippen molar-refractivity contribution in [3.8, 4) is 0 Å². The van der Waals surface area contributed by atoms with Gasteiger partial charge in [0.05, 0.1) is 0 Å². The second kappa shape index (κ2) is 13.1. The lowest BCUT2D eigenvalue weighted by molar-refractivity contribution is -0.143. The van der Waals surface area contributed by atoms with E-state index in [-0.39, 0.29) is 23.8 Å². The molecule has 7 heteroatoms. The normalized spacial score (nSPS) is 13.2. The summed E-state index contributed by atoms with van der Waals surface area (Å²) in [6.45, 7) is 20.9. The fourth-order valence-corrected chi connectivity index (χ4v) is 4.81. The monoisotopic (exact) mass is 537 g/mol. The van der Waals surface area contributed by atoms with E-state index in [0.717, 1.165) is 33.5 Å². The van der Waals surface area contributed by atoms with Crippen molar-refractivity contribution in [1.29, 1.82) is 0 Å². The number of carbonyl (C=O) groups excluding carboxylic acids is 3. The summed E-state index contributed by atoms with van der Waals surface area (Å²) >= 11 is 0. The number of rotatable bonds is 9. The summed E-state index contributed by atoms with van der Waals surface area (Å²) in [6.07, 6.45) is -0.257. The lowest BCUT2D eigenvalue weighted by Gasteiger charge is -2.38. The molecular formula is C32H47N3O4.